The number of hydrogen-bond donors (Lipinski definition) is 2. The number of nitrogens with two attached hydrogens (primary N) is 1. The lowest BCUT2D eigenvalue weighted by molar-refractivity contribution is 0.0993. The summed E-state index contributed by atoms with van der Waals surface area (Å²) in [7, 11) is 0. The average Bonchev–Trinajstić information content (AvgIpc) is 3.23. The quantitative estimate of drug-likeness (QED) is 0.455. The number of Topliss-reactive ketones (excluding diaryl/α,β-unsaturated/α-hetero) is 1. The molecule has 0 atom stereocenters. The van der Waals surface area contributed by atoms with Gasteiger partial charge in [-0.1, -0.05) is 49.4 Å². The van der Waals surface area contributed by atoms with Crippen molar-refractivity contribution in [2.75, 3.05) is 18.8 Å². The molecular formula is C25H30N4O. The molecule has 156 valence electrons. The van der Waals surface area contributed by atoms with Gasteiger partial charge in [-0.3, -0.25) is 14.8 Å². The summed E-state index contributed by atoms with van der Waals surface area (Å²) in [5, 5.41) is 7.29. The van der Waals surface area contributed by atoms with E-state index in [4.69, 9.17) is 5.73 Å². The van der Waals surface area contributed by atoms with Gasteiger partial charge in [-0.15, -0.1) is 0 Å². The van der Waals surface area contributed by atoms with Gasteiger partial charge in [0.1, 0.15) is 0 Å². The number of piperidine rings is 1. The van der Waals surface area contributed by atoms with Crippen LogP contribution < -0.4 is 5.73 Å². The SMILES string of the molecule is CCc1[nH]ncc1CN1CCC(c2ccc(C(=O)Cc3ccccc3N)cc2)CC1. The minimum Gasteiger partial charge on any atom is -0.398 e. The van der Waals surface area contributed by atoms with Crippen LogP contribution in [-0.4, -0.2) is 34.0 Å². The molecule has 1 aliphatic heterocycles. The predicted octanol–water partition coefficient (Wildman–Crippen LogP) is 4.36. The van der Waals surface area contributed by atoms with Crippen LogP contribution in [0.2, 0.25) is 0 Å². The van der Waals surface area contributed by atoms with Gasteiger partial charge >= 0.3 is 0 Å². The number of rotatable bonds is 7. The molecule has 0 radical (unpaired) electrons. The molecule has 3 aromatic rings. The summed E-state index contributed by atoms with van der Waals surface area (Å²) in [4.78, 5) is 15.1. The number of ketones is 1. The zero-order chi connectivity index (χ0) is 20.9. The monoisotopic (exact) mass is 402 g/mol. The van der Waals surface area contributed by atoms with Crippen molar-refractivity contribution >= 4 is 11.5 Å². The number of aryl methyl sites for hydroxylation is 1. The summed E-state index contributed by atoms with van der Waals surface area (Å²) in [5.74, 6) is 0.672. The second-order valence-electron chi connectivity index (χ2n) is 8.20. The van der Waals surface area contributed by atoms with Gasteiger partial charge in [0.25, 0.3) is 0 Å². The number of benzene rings is 2. The minimum absolute atomic E-state index is 0.112. The first-order chi connectivity index (χ1) is 14.6. The van der Waals surface area contributed by atoms with Crippen molar-refractivity contribution in [1.29, 1.82) is 0 Å². The van der Waals surface area contributed by atoms with Gasteiger partial charge in [-0.25, -0.2) is 0 Å². The Balaban J connectivity index is 1.32. The Morgan fingerprint density at radius 3 is 2.53 bits per heavy atom. The normalized spacial score (nSPS) is 15.4. The molecule has 3 N–H and O–H groups in total. The van der Waals surface area contributed by atoms with Crippen LogP contribution in [0, 0.1) is 0 Å². The first-order valence-electron chi connectivity index (χ1n) is 10.8. The van der Waals surface area contributed by atoms with Crippen molar-refractivity contribution in [3.63, 3.8) is 0 Å². The van der Waals surface area contributed by atoms with Crippen LogP contribution in [0.25, 0.3) is 0 Å². The predicted molar refractivity (Wildman–Crippen MR) is 121 cm³/mol. The van der Waals surface area contributed by atoms with E-state index < -0.39 is 0 Å². The fourth-order valence-electron chi connectivity index (χ4n) is 4.36. The summed E-state index contributed by atoms with van der Waals surface area (Å²) in [6.07, 6.45) is 5.59. The van der Waals surface area contributed by atoms with Crippen LogP contribution >= 0.6 is 0 Å². The van der Waals surface area contributed by atoms with E-state index in [0.29, 0.717) is 18.0 Å². The molecule has 1 aromatic heterocycles. The third-order valence-electron chi connectivity index (χ3n) is 6.25. The topological polar surface area (TPSA) is 75.0 Å². The van der Waals surface area contributed by atoms with Gasteiger partial charge in [-0.05, 0) is 55.5 Å². The Morgan fingerprint density at radius 2 is 1.83 bits per heavy atom. The molecule has 0 amide bonds. The third-order valence-corrected chi connectivity index (χ3v) is 6.25. The highest BCUT2D eigenvalue weighted by molar-refractivity contribution is 5.98. The zero-order valence-corrected chi connectivity index (χ0v) is 17.6. The second-order valence-corrected chi connectivity index (χ2v) is 8.20. The number of H-pyrrole nitrogens is 1. The summed E-state index contributed by atoms with van der Waals surface area (Å²) in [6, 6.07) is 15.8. The molecule has 0 aliphatic carbocycles. The summed E-state index contributed by atoms with van der Waals surface area (Å²) < 4.78 is 0. The van der Waals surface area contributed by atoms with E-state index in [1.165, 1.54) is 16.8 Å². The van der Waals surface area contributed by atoms with Crippen LogP contribution in [0.15, 0.2) is 54.7 Å². The molecule has 0 bridgehead atoms. The smallest absolute Gasteiger partial charge is 0.167 e. The summed E-state index contributed by atoms with van der Waals surface area (Å²) in [5.41, 5.74) is 12.2. The molecule has 5 heteroatoms. The number of nitrogens with zero attached hydrogens (tertiary/aromatic N) is 2. The van der Waals surface area contributed by atoms with E-state index in [1.807, 2.05) is 42.6 Å². The van der Waals surface area contributed by atoms with Crippen LogP contribution in [0.5, 0.6) is 0 Å². The van der Waals surface area contributed by atoms with Crippen LogP contribution in [0.3, 0.4) is 0 Å². The number of anilines is 1. The standard InChI is InChI=1S/C25H30N4O/c1-2-24-22(16-27-28-24)17-29-13-11-19(12-14-29)18-7-9-20(10-8-18)25(30)15-21-5-3-4-6-23(21)26/h3-10,16,19H,2,11-15,17,26H2,1H3,(H,27,28). The number of hydrogen-bond acceptors (Lipinski definition) is 4. The van der Waals surface area contributed by atoms with Crippen molar-refractivity contribution in [2.24, 2.45) is 0 Å². The summed E-state index contributed by atoms with van der Waals surface area (Å²) in [6.45, 7) is 5.31. The lowest BCUT2D eigenvalue weighted by Crippen LogP contribution is -2.32. The number of likely N-dealkylation sites (tertiary alicyclic amines) is 1. The molecule has 0 spiro atoms. The van der Waals surface area contributed by atoms with Gasteiger partial charge in [0, 0.05) is 35.5 Å². The molecule has 4 rings (SSSR count). The molecule has 5 nitrogen and oxygen atoms in total. The Labute approximate surface area is 178 Å². The van der Waals surface area contributed by atoms with Crippen LogP contribution in [0.4, 0.5) is 5.69 Å². The molecule has 1 fully saturated rings. The van der Waals surface area contributed by atoms with Gasteiger partial charge in [-0.2, -0.15) is 5.10 Å². The number of nitrogen functional groups attached to an aromatic ring is 1. The Hall–Kier alpha value is -2.92. The van der Waals surface area contributed by atoms with Gasteiger partial charge < -0.3 is 5.73 Å². The number of para-hydroxylation sites is 1. The van der Waals surface area contributed by atoms with Gasteiger partial charge in [0.05, 0.1) is 6.20 Å². The highest BCUT2D eigenvalue weighted by Crippen LogP contribution is 2.29. The van der Waals surface area contributed by atoms with E-state index in [9.17, 15) is 4.79 Å². The van der Waals surface area contributed by atoms with Crippen molar-refractivity contribution in [3.05, 3.63) is 82.7 Å². The third kappa shape index (κ3) is 4.62. The number of carbonyl (C=O) groups is 1. The zero-order valence-electron chi connectivity index (χ0n) is 17.6. The Bertz CT molecular complexity index is 984. The number of aromatic amines is 1. The lowest BCUT2D eigenvalue weighted by Gasteiger charge is -2.32. The largest absolute Gasteiger partial charge is 0.398 e. The van der Waals surface area contributed by atoms with Gasteiger partial charge in [0.15, 0.2) is 5.78 Å². The Morgan fingerprint density at radius 1 is 1.10 bits per heavy atom. The van der Waals surface area contributed by atoms with E-state index in [1.54, 1.807) is 0 Å². The van der Waals surface area contributed by atoms with E-state index >= 15 is 0 Å². The first kappa shape index (κ1) is 20.4. The molecule has 2 aromatic carbocycles. The van der Waals surface area contributed by atoms with Crippen molar-refractivity contribution in [2.45, 2.75) is 45.1 Å². The maximum absolute atomic E-state index is 12.6. The molecule has 0 unspecified atom stereocenters. The summed E-state index contributed by atoms with van der Waals surface area (Å²) >= 11 is 0. The maximum Gasteiger partial charge on any atom is 0.167 e. The van der Waals surface area contributed by atoms with Crippen LogP contribution in [-0.2, 0) is 19.4 Å². The first-order valence-corrected chi connectivity index (χ1v) is 10.8. The van der Waals surface area contributed by atoms with Crippen molar-refractivity contribution in [3.8, 4) is 0 Å². The fourth-order valence-corrected chi connectivity index (χ4v) is 4.36. The van der Waals surface area contributed by atoms with Gasteiger partial charge in [0.2, 0.25) is 0 Å². The molecule has 1 aliphatic rings. The average molecular weight is 403 g/mol. The molecule has 1 saturated heterocycles. The lowest BCUT2D eigenvalue weighted by atomic mass is 9.88. The van der Waals surface area contributed by atoms with E-state index in [0.717, 1.165) is 50.0 Å². The number of carbonyl (C=O) groups excluding carboxylic acids is 1. The highest BCUT2D eigenvalue weighted by atomic mass is 16.1. The Kier molecular flexibility index (Phi) is 6.29. The van der Waals surface area contributed by atoms with E-state index in [2.05, 4.69) is 34.2 Å². The maximum atomic E-state index is 12.6. The molecule has 0 saturated carbocycles. The molecular weight excluding hydrogens is 372 g/mol. The number of nitrogens with one attached hydrogen (secondary N) is 1. The van der Waals surface area contributed by atoms with Crippen molar-refractivity contribution in [1.82, 2.24) is 15.1 Å². The number of aromatic nitrogens is 2. The van der Waals surface area contributed by atoms with Crippen molar-refractivity contribution < 1.29 is 4.79 Å². The van der Waals surface area contributed by atoms with Crippen LogP contribution in [0.1, 0.15) is 58.4 Å². The fraction of sp³-hybridized carbons (Fsp3) is 0.360. The van der Waals surface area contributed by atoms with E-state index in [-0.39, 0.29) is 5.78 Å². The molecule has 2 heterocycles. The highest BCUT2D eigenvalue weighted by Gasteiger charge is 2.22. The second kappa shape index (κ2) is 9.26. The minimum atomic E-state index is 0.112. The molecule has 30 heavy (non-hydrogen) atoms.